The van der Waals surface area contributed by atoms with Gasteiger partial charge in [-0.1, -0.05) is 0 Å². The molecule has 0 aromatic carbocycles. The van der Waals surface area contributed by atoms with E-state index in [0.29, 0.717) is 12.0 Å². The van der Waals surface area contributed by atoms with Crippen LogP contribution in [0.1, 0.15) is 49.9 Å². The van der Waals surface area contributed by atoms with E-state index in [1.54, 1.807) is 0 Å². The van der Waals surface area contributed by atoms with Crippen LogP contribution >= 0.6 is 0 Å². The van der Waals surface area contributed by atoms with E-state index in [2.05, 4.69) is 27.6 Å². The Morgan fingerprint density at radius 1 is 1.24 bits per heavy atom. The fraction of sp³-hybridized carbons (Fsp3) is 0.733. The van der Waals surface area contributed by atoms with Crippen LogP contribution in [0.15, 0.2) is 0 Å². The first kappa shape index (κ1) is 14.5. The maximum Gasteiger partial charge on any atom is 0.148 e. The standard InChI is InChI=1S/C15H26N6/c1-10(9-21-7-3-4-8-21)17-13-11(2)14(20-16)19-15(18-13)12-5-6-12/h10,12H,3-9,16H2,1-2H3,(H2,17,18,19,20). The minimum Gasteiger partial charge on any atom is -0.366 e. The lowest BCUT2D eigenvalue weighted by Gasteiger charge is -2.23. The molecule has 6 heteroatoms. The van der Waals surface area contributed by atoms with Gasteiger partial charge in [-0.25, -0.2) is 15.8 Å². The summed E-state index contributed by atoms with van der Waals surface area (Å²) in [6.45, 7) is 7.73. The van der Waals surface area contributed by atoms with Crippen LogP contribution in [0, 0.1) is 6.92 Å². The van der Waals surface area contributed by atoms with Gasteiger partial charge in [-0.05, 0) is 52.6 Å². The zero-order valence-electron chi connectivity index (χ0n) is 13.0. The van der Waals surface area contributed by atoms with Crippen LogP contribution in [0.25, 0.3) is 0 Å². The SMILES string of the molecule is Cc1c(NN)nc(C2CC2)nc1NC(C)CN1CCCC1. The molecular formula is C15H26N6. The Hall–Kier alpha value is -1.40. The van der Waals surface area contributed by atoms with Crippen molar-refractivity contribution < 1.29 is 0 Å². The lowest BCUT2D eigenvalue weighted by Crippen LogP contribution is -2.33. The second-order valence-electron chi connectivity index (χ2n) is 6.38. The summed E-state index contributed by atoms with van der Waals surface area (Å²) < 4.78 is 0. The highest BCUT2D eigenvalue weighted by atomic mass is 15.3. The summed E-state index contributed by atoms with van der Waals surface area (Å²) in [6, 6.07) is 0.370. The third-order valence-corrected chi connectivity index (χ3v) is 4.36. The molecule has 116 valence electrons. The van der Waals surface area contributed by atoms with Crippen LogP contribution in [0.5, 0.6) is 0 Å². The van der Waals surface area contributed by atoms with Crippen LogP contribution in [-0.4, -0.2) is 40.5 Å². The molecule has 0 radical (unpaired) electrons. The summed E-state index contributed by atoms with van der Waals surface area (Å²) in [6.07, 6.45) is 5.03. The number of hydrazine groups is 1. The topological polar surface area (TPSA) is 79.1 Å². The lowest BCUT2D eigenvalue weighted by atomic mass is 10.2. The second kappa shape index (κ2) is 6.15. The van der Waals surface area contributed by atoms with Crippen LogP contribution in [0.4, 0.5) is 11.6 Å². The van der Waals surface area contributed by atoms with Crippen molar-refractivity contribution in [2.45, 2.75) is 51.5 Å². The number of hydrogen-bond donors (Lipinski definition) is 3. The molecule has 2 aliphatic rings. The monoisotopic (exact) mass is 290 g/mol. The van der Waals surface area contributed by atoms with Gasteiger partial charge in [0.2, 0.25) is 0 Å². The number of nitrogens with one attached hydrogen (secondary N) is 2. The Morgan fingerprint density at radius 2 is 1.90 bits per heavy atom. The van der Waals surface area contributed by atoms with Gasteiger partial charge in [0.25, 0.3) is 0 Å². The summed E-state index contributed by atoms with van der Waals surface area (Å²) in [4.78, 5) is 11.8. The molecule has 6 nitrogen and oxygen atoms in total. The third-order valence-electron chi connectivity index (χ3n) is 4.36. The molecule has 0 amide bonds. The molecule has 1 atom stereocenters. The van der Waals surface area contributed by atoms with Crippen molar-refractivity contribution in [3.8, 4) is 0 Å². The first-order chi connectivity index (χ1) is 10.2. The average Bonchev–Trinajstić information content (AvgIpc) is 3.20. The fourth-order valence-electron chi connectivity index (χ4n) is 2.97. The van der Waals surface area contributed by atoms with Crippen molar-refractivity contribution in [3.05, 3.63) is 11.4 Å². The zero-order chi connectivity index (χ0) is 14.8. The highest BCUT2D eigenvalue weighted by Gasteiger charge is 2.28. The number of hydrogen-bond acceptors (Lipinski definition) is 6. The molecule has 0 bridgehead atoms. The van der Waals surface area contributed by atoms with Gasteiger partial charge in [0.15, 0.2) is 0 Å². The Labute approximate surface area is 126 Å². The molecule has 1 aliphatic heterocycles. The van der Waals surface area contributed by atoms with E-state index in [1.165, 1.54) is 38.8 Å². The third kappa shape index (κ3) is 3.44. The highest BCUT2D eigenvalue weighted by molar-refractivity contribution is 5.57. The molecule has 4 N–H and O–H groups in total. The molecule has 1 unspecified atom stereocenters. The summed E-state index contributed by atoms with van der Waals surface area (Å²) >= 11 is 0. The zero-order valence-corrected chi connectivity index (χ0v) is 13.0. The van der Waals surface area contributed by atoms with E-state index in [0.717, 1.165) is 29.6 Å². The van der Waals surface area contributed by atoms with Crippen molar-refractivity contribution in [3.63, 3.8) is 0 Å². The van der Waals surface area contributed by atoms with Gasteiger partial charge in [-0.15, -0.1) is 0 Å². The van der Waals surface area contributed by atoms with Gasteiger partial charge in [-0.3, -0.25) is 0 Å². The number of nitrogens with zero attached hydrogens (tertiary/aromatic N) is 3. The van der Waals surface area contributed by atoms with E-state index in [9.17, 15) is 0 Å². The molecule has 2 fully saturated rings. The molecule has 1 aromatic rings. The molecular weight excluding hydrogens is 264 g/mol. The number of likely N-dealkylation sites (tertiary alicyclic amines) is 1. The van der Waals surface area contributed by atoms with E-state index in [-0.39, 0.29) is 0 Å². The number of nitrogens with two attached hydrogens (primary N) is 1. The normalized spacial score (nSPS) is 20.5. The summed E-state index contributed by atoms with van der Waals surface area (Å²) in [5.41, 5.74) is 3.70. The summed E-state index contributed by atoms with van der Waals surface area (Å²) in [5.74, 6) is 8.70. The Kier molecular flexibility index (Phi) is 4.26. The van der Waals surface area contributed by atoms with Gasteiger partial charge in [0.05, 0.1) is 0 Å². The predicted octanol–water partition coefficient (Wildman–Crippen LogP) is 1.84. The van der Waals surface area contributed by atoms with Gasteiger partial charge >= 0.3 is 0 Å². The van der Waals surface area contributed by atoms with Crippen LogP contribution in [0.2, 0.25) is 0 Å². The Balaban J connectivity index is 1.71. The molecule has 3 rings (SSSR count). The second-order valence-corrected chi connectivity index (χ2v) is 6.38. The molecule has 1 aliphatic carbocycles. The first-order valence-corrected chi connectivity index (χ1v) is 8.01. The Morgan fingerprint density at radius 3 is 2.52 bits per heavy atom. The number of aromatic nitrogens is 2. The van der Waals surface area contributed by atoms with Crippen LogP contribution in [-0.2, 0) is 0 Å². The lowest BCUT2D eigenvalue weighted by molar-refractivity contribution is 0.327. The number of anilines is 2. The molecule has 2 heterocycles. The number of rotatable bonds is 6. The number of nitrogen functional groups attached to an aromatic ring is 1. The van der Waals surface area contributed by atoms with Crippen molar-refractivity contribution in [1.29, 1.82) is 0 Å². The molecule has 1 aromatic heterocycles. The van der Waals surface area contributed by atoms with Crippen LogP contribution < -0.4 is 16.6 Å². The van der Waals surface area contributed by atoms with E-state index in [1.807, 2.05) is 6.92 Å². The minimum absolute atomic E-state index is 0.370. The molecule has 21 heavy (non-hydrogen) atoms. The van der Waals surface area contributed by atoms with Crippen molar-refractivity contribution in [2.75, 3.05) is 30.4 Å². The summed E-state index contributed by atoms with van der Waals surface area (Å²) in [5, 5.41) is 3.55. The van der Waals surface area contributed by atoms with E-state index < -0.39 is 0 Å². The maximum absolute atomic E-state index is 5.60. The van der Waals surface area contributed by atoms with Crippen molar-refractivity contribution in [1.82, 2.24) is 14.9 Å². The van der Waals surface area contributed by atoms with Gasteiger partial charge in [0, 0.05) is 24.1 Å². The van der Waals surface area contributed by atoms with Crippen LogP contribution in [0.3, 0.4) is 0 Å². The maximum atomic E-state index is 5.60. The molecule has 1 saturated heterocycles. The van der Waals surface area contributed by atoms with Gasteiger partial charge < -0.3 is 15.6 Å². The predicted molar refractivity (Wildman–Crippen MR) is 85.3 cm³/mol. The molecule has 1 saturated carbocycles. The fourth-order valence-corrected chi connectivity index (χ4v) is 2.97. The van der Waals surface area contributed by atoms with E-state index >= 15 is 0 Å². The molecule has 0 spiro atoms. The van der Waals surface area contributed by atoms with Gasteiger partial charge in [0.1, 0.15) is 17.5 Å². The quantitative estimate of drug-likeness (QED) is 0.548. The van der Waals surface area contributed by atoms with Crippen molar-refractivity contribution >= 4 is 11.6 Å². The average molecular weight is 290 g/mol. The van der Waals surface area contributed by atoms with E-state index in [4.69, 9.17) is 10.8 Å². The summed E-state index contributed by atoms with van der Waals surface area (Å²) in [7, 11) is 0. The highest BCUT2D eigenvalue weighted by Crippen LogP contribution is 2.39. The first-order valence-electron chi connectivity index (χ1n) is 8.01. The Bertz CT molecular complexity index is 493. The van der Waals surface area contributed by atoms with Gasteiger partial charge in [-0.2, -0.15) is 0 Å². The smallest absolute Gasteiger partial charge is 0.148 e. The van der Waals surface area contributed by atoms with Crippen molar-refractivity contribution in [2.24, 2.45) is 5.84 Å². The largest absolute Gasteiger partial charge is 0.366 e. The minimum atomic E-state index is 0.370.